The van der Waals surface area contributed by atoms with Crippen molar-refractivity contribution in [3.63, 3.8) is 0 Å². The van der Waals surface area contributed by atoms with Gasteiger partial charge in [-0.15, -0.1) is 0 Å². The predicted molar refractivity (Wildman–Crippen MR) is 76.2 cm³/mol. The number of hydrogen-bond donors (Lipinski definition) is 1. The van der Waals surface area contributed by atoms with E-state index in [1.165, 1.54) is 6.07 Å². The monoisotopic (exact) mass is 334 g/mol. The average molecular weight is 335 g/mol. The van der Waals surface area contributed by atoms with Gasteiger partial charge in [-0.1, -0.05) is 25.6 Å². The van der Waals surface area contributed by atoms with Crippen molar-refractivity contribution in [1.29, 1.82) is 0 Å². The molecule has 1 heterocycles. The van der Waals surface area contributed by atoms with Crippen LogP contribution >= 0.6 is 27.7 Å². The average Bonchev–Trinajstić information content (AvgIpc) is 2.74. The Bertz CT molecular complexity index is 491. The lowest BCUT2D eigenvalue weighted by molar-refractivity contribution is 0.543. The zero-order chi connectivity index (χ0) is 13.3. The molecule has 1 N–H and O–H groups in total. The molecule has 98 valence electrons. The molecule has 0 fully saturated rings. The van der Waals surface area contributed by atoms with E-state index in [0.717, 1.165) is 11.8 Å². The first-order valence-corrected chi connectivity index (χ1v) is 7.37. The Balaban J connectivity index is 2.16. The van der Waals surface area contributed by atoms with E-state index >= 15 is 0 Å². The predicted octanol–water partition coefficient (Wildman–Crippen LogP) is 4.27. The molecule has 2 rings (SSSR count). The van der Waals surface area contributed by atoms with Gasteiger partial charge in [-0.2, -0.15) is 0 Å². The highest BCUT2D eigenvalue weighted by Gasteiger charge is 2.22. The Morgan fingerprint density at radius 1 is 1.39 bits per heavy atom. The second-order valence-electron chi connectivity index (χ2n) is 4.43. The number of nitrogens with zero attached hydrogens (tertiary/aromatic N) is 1. The Labute approximate surface area is 117 Å². The SMILES string of the molecule is CC(C)C1CSC(Nc2cc(Br)c(F)cc2F)=N1. The van der Waals surface area contributed by atoms with E-state index in [4.69, 9.17) is 0 Å². The summed E-state index contributed by atoms with van der Waals surface area (Å²) in [6.45, 7) is 4.21. The zero-order valence-electron chi connectivity index (χ0n) is 10.0. The minimum absolute atomic E-state index is 0.232. The van der Waals surface area contributed by atoms with Crippen LogP contribution in [0.2, 0.25) is 0 Å². The largest absolute Gasteiger partial charge is 0.333 e. The third kappa shape index (κ3) is 3.03. The van der Waals surface area contributed by atoms with E-state index in [1.54, 1.807) is 11.8 Å². The van der Waals surface area contributed by atoms with Gasteiger partial charge in [-0.05, 0) is 27.9 Å². The summed E-state index contributed by atoms with van der Waals surface area (Å²) in [5, 5.41) is 3.59. The molecule has 0 radical (unpaired) electrons. The summed E-state index contributed by atoms with van der Waals surface area (Å²) in [5.74, 6) is 0.122. The maximum absolute atomic E-state index is 13.6. The van der Waals surface area contributed by atoms with Gasteiger partial charge in [-0.25, -0.2) is 8.78 Å². The highest BCUT2D eigenvalue weighted by molar-refractivity contribution is 9.10. The lowest BCUT2D eigenvalue weighted by Gasteiger charge is -2.08. The number of thioether (sulfide) groups is 1. The Morgan fingerprint density at radius 2 is 2.11 bits per heavy atom. The summed E-state index contributed by atoms with van der Waals surface area (Å²) in [7, 11) is 0. The van der Waals surface area contributed by atoms with Gasteiger partial charge in [0.05, 0.1) is 16.2 Å². The zero-order valence-corrected chi connectivity index (χ0v) is 12.4. The van der Waals surface area contributed by atoms with Gasteiger partial charge < -0.3 is 5.32 Å². The molecule has 0 saturated carbocycles. The molecule has 1 aliphatic heterocycles. The third-order valence-corrected chi connectivity index (χ3v) is 4.29. The van der Waals surface area contributed by atoms with E-state index < -0.39 is 11.6 Å². The summed E-state index contributed by atoms with van der Waals surface area (Å²) in [4.78, 5) is 4.47. The fourth-order valence-corrected chi connectivity index (χ4v) is 3.06. The number of hydrogen-bond acceptors (Lipinski definition) is 3. The fraction of sp³-hybridized carbons (Fsp3) is 0.417. The van der Waals surface area contributed by atoms with Crippen molar-refractivity contribution >= 4 is 38.5 Å². The molecule has 1 aromatic rings. The Morgan fingerprint density at radius 3 is 2.72 bits per heavy atom. The van der Waals surface area contributed by atoms with Crippen LogP contribution in [0.15, 0.2) is 21.6 Å². The molecule has 0 aliphatic carbocycles. The molecule has 6 heteroatoms. The van der Waals surface area contributed by atoms with Crippen molar-refractivity contribution in [2.75, 3.05) is 11.1 Å². The smallest absolute Gasteiger partial charge is 0.161 e. The van der Waals surface area contributed by atoms with Crippen molar-refractivity contribution in [3.8, 4) is 0 Å². The van der Waals surface area contributed by atoms with Gasteiger partial charge in [0.15, 0.2) is 5.17 Å². The Hall–Kier alpha value is -0.620. The van der Waals surface area contributed by atoms with Gasteiger partial charge >= 0.3 is 0 Å². The number of aliphatic imine (C=N–C) groups is 1. The molecule has 1 aliphatic rings. The number of amidine groups is 1. The van der Waals surface area contributed by atoms with Crippen LogP contribution < -0.4 is 5.32 Å². The first-order chi connectivity index (χ1) is 8.47. The van der Waals surface area contributed by atoms with E-state index in [2.05, 4.69) is 40.1 Å². The second-order valence-corrected chi connectivity index (χ2v) is 6.29. The molecular formula is C12H13BrF2N2S. The van der Waals surface area contributed by atoms with Crippen molar-refractivity contribution in [3.05, 3.63) is 28.2 Å². The number of nitrogens with one attached hydrogen (secondary N) is 1. The number of anilines is 1. The normalized spacial score (nSPS) is 19.2. The summed E-state index contributed by atoms with van der Waals surface area (Å²) >= 11 is 4.59. The molecule has 0 amide bonds. The minimum Gasteiger partial charge on any atom is -0.333 e. The fourth-order valence-electron chi connectivity index (χ4n) is 1.53. The molecule has 0 aromatic heterocycles. The maximum Gasteiger partial charge on any atom is 0.161 e. The first kappa shape index (κ1) is 13.8. The Kier molecular flexibility index (Phi) is 4.27. The summed E-state index contributed by atoms with van der Waals surface area (Å²) in [5.41, 5.74) is 0.235. The van der Waals surface area contributed by atoms with Crippen LogP contribution in [0, 0.1) is 17.6 Å². The highest BCUT2D eigenvalue weighted by atomic mass is 79.9. The lowest BCUT2D eigenvalue weighted by atomic mass is 10.1. The van der Waals surface area contributed by atoms with E-state index in [1.807, 2.05) is 0 Å². The third-order valence-electron chi connectivity index (χ3n) is 2.70. The van der Waals surface area contributed by atoms with Crippen LogP contribution in [-0.2, 0) is 0 Å². The molecule has 2 nitrogen and oxygen atoms in total. The topological polar surface area (TPSA) is 24.4 Å². The van der Waals surface area contributed by atoms with Crippen LogP contribution in [0.5, 0.6) is 0 Å². The maximum atomic E-state index is 13.6. The van der Waals surface area contributed by atoms with Gasteiger partial charge in [0.1, 0.15) is 11.6 Å². The van der Waals surface area contributed by atoms with E-state index in [-0.39, 0.29) is 16.2 Å². The van der Waals surface area contributed by atoms with E-state index in [0.29, 0.717) is 11.1 Å². The second kappa shape index (κ2) is 5.57. The molecule has 1 atom stereocenters. The van der Waals surface area contributed by atoms with Gasteiger partial charge in [0.2, 0.25) is 0 Å². The van der Waals surface area contributed by atoms with Gasteiger partial charge in [0.25, 0.3) is 0 Å². The first-order valence-electron chi connectivity index (χ1n) is 5.59. The van der Waals surface area contributed by atoms with Crippen LogP contribution in [0.4, 0.5) is 14.5 Å². The summed E-state index contributed by atoms with van der Waals surface area (Å²) in [6, 6.07) is 2.49. The van der Waals surface area contributed by atoms with Crippen molar-refractivity contribution in [2.45, 2.75) is 19.9 Å². The molecule has 0 saturated heterocycles. The van der Waals surface area contributed by atoms with Crippen LogP contribution in [0.3, 0.4) is 0 Å². The molecule has 1 unspecified atom stereocenters. The lowest BCUT2D eigenvalue weighted by Crippen LogP contribution is -2.12. The number of rotatable bonds is 2. The molecule has 0 bridgehead atoms. The number of benzene rings is 1. The van der Waals surface area contributed by atoms with Crippen LogP contribution in [0.25, 0.3) is 0 Å². The van der Waals surface area contributed by atoms with E-state index in [9.17, 15) is 8.78 Å². The van der Waals surface area contributed by atoms with Crippen molar-refractivity contribution in [1.82, 2.24) is 0 Å². The molecular weight excluding hydrogens is 322 g/mol. The summed E-state index contributed by atoms with van der Waals surface area (Å²) < 4.78 is 26.9. The highest BCUT2D eigenvalue weighted by Crippen LogP contribution is 2.28. The standard InChI is InChI=1S/C12H13BrF2N2S/c1-6(2)11-5-18-12(17-11)16-10-3-7(13)8(14)4-9(10)15/h3-4,6,11H,5H2,1-2H3,(H,16,17). The number of halogens is 3. The molecule has 18 heavy (non-hydrogen) atoms. The molecule has 1 aromatic carbocycles. The minimum atomic E-state index is -0.619. The van der Waals surface area contributed by atoms with Crippen molar-refractivity contribution in [2.24, 2.45) is 10.9 Å². The molecule has 0 spiro atoms. The van der Waals surface area contributed by atoms with Crippen molar-refractivity contribution < 1.29 is 8.78 Å². The van der Waals surface area contributed by atoms with Crippen LogP contribution in [0.1, 0.15) is 13.8 Å². The quantitative estimate of drug-likeness (QED) is 0.817. The summed E-state index contributed by atoms with van der Waals surface area (Å²) in [6.07, 6.45) is 0. The van der Waals surface area contributed by atoms with Gasteiger partial charge in [-0.3, -0.25) is 4.99 Å². The van der Waals surface area contributed by atoms with Gasteiger partial charge in [0, 0.05) is 11.8 Å². The van der Waals surface area contributed by atoms with Crippen LogP contribution in [-0.4, -0.2) is 17.0 Å².